The van der Waals surface area contributed by atoms with Crippen molar-refractivity contribution in [3.8, 4) is 33.9 Å². The van der Waals surface area contributed by atoms with Gasteiger partial charge in [-0.15, -0.1) is 0 Å². The maximum absolute atomic E-state index is 14.6. The maximum atomic E-state index is 14.6. The Balaban J connectivity index is 1.40. The zero-order valence-electron chi connectivity index (χ0n) is 20.8. The van der Waals surface area contributed by atoms with Gasteiger partial charge in [-0.25, -0.2) is 14.4 Å². The molecule has 190 valence electrons. The highest BCUT2D eigenvalue weighted by Gasteiger charge is 2.17. The number of halogens is 1. The quantitative estimate of drug-likeness (QED) is 0.250. The van der Waals surface area contributed by atoms with Crippen LogP contribution in [0.4, 0.5) is 15.8 Å². The zero-order chi connectivity index (χ0) is 26.2. The summed E-state index contributed by atoms with van der Waals surface area (Å²) in [5.41, 5.74) is 12.8. The Morgan fingerprint density at radius 1 is 1.03 bits per heavy atom. The number of likely N-dealkylation sites (N-methyl/N-ethyl adjacent to an activating group) is 1. The normalized spacial score (nSPS) is 11.6. The van der Waals surface area contributed by atoms with Crippen molar-refractivity contribution in [1.29, 1.82) is 0 Å². The standard InChI is InChI=1S/C27H25FN10/c1-38(2)6-5-31-19-9-15(7-17(28)10-19)20-3-4-32-26-24(20)34-27(35-26)25-21-11-22(33-14-23(21)36-37-25)16-8-18(29)13-30-12-16/h3-4,7-14,31H,5-6,29H2,1-2H3,(H,36,37)(H,32,34,35). The van der Waals surface area contributed by atoms with Crippen LogP contribution in [-0.4, -0.2) is 67.2 Å². The topological polar surface area (TPSA) is 137 Å². The molecule has 0 radical (unpaired) electrons. The van der Waals surface area contributed by atoms with E-state index >= 15 is 0 Å². The Morgan fingerprint density at radius 3 is 2.76 bits per heavy atom. The van der Waals surface area contributed by atoms with Crippen molar-refractivity contribution < 1.29 is 4.39 Å². The van der Waals surface area contributed by atoms with Crippen molar-refractivity contribution in [2.24, 2.45) is 0 Å². The van der Waals surface area contributed by atoms with E-state index in [1.165, 1.54) is 12.1 Å². The molecule has 0 atom stereocenters. The Hall–Kier alpha value is -4.90. The van der Waals surface area contributed by atoms with Crippen molar-refractivity contribution in [1.82, 2.24) is 40.0 Å². The van der Waals surface area contributed by atoms with E-state index in [0.717, 1.165) is 28.6 Å². The summed E-state index contributed by atoms with van der Waals surface area (Å²) in [4.78, 5) is 23.3. The number of aromatic nitrogens is 7. The molecule has 10 nitrogen and oxygen atoms in total. The van der Waals surface area contributed by atoms with Crippen LogP contribution in [0.3, 0.4) is 0 Å². The third kappa shape index (κ3) is 4.50. The molecule has 0 amide bonds. The molecule has 5 aromatic heterocycles. The van der Waals surface area contributed by atoms with Crippen LogP contribution in [0.5, 0.6) is 0 Å². The predicted octanol–water partition coefficient (Wildman–Crippen LogP) is 4.32. The number of fused-ring (bicyclic) bond motifs is 2. The van der Waals surface area contributed by atoms with E-state index in [0.29, 0.717) is 51.9 Å². The minimum Gasteiger partial charge on any atom is -0.397 e. The number of hydrogen-bond acceptors (Lipinski definition) is 8. The minimum absolute atomic E-state index is 0.325. The lowest BCUT2D eigenvalue weighted by atomic mass is 10.0. The van der Waals surface area contributed by atoms with E-state index in [9.17, 15) is 4.39 Å². The van der Waals surface area contributed by atoms with Crippen LogP contribution >= 0.6 is 0 Å². The third-order valence-corrected chi connectivity index (χ3v) is 6.22. The number of imidazole rings is 1. The molecule has 11 heteroatoms. The zero-order valence-corrected chi connectivity index (χ0v) is 20.8. The molecule has 0 aliphatic rings. The second-order valence-corrected chi connectivity index (χ2v) is 9.30. The maximum Gasteiger partial charge on any atom is 0.178 e. The lowest BCUT2D eigenvalue weighted by Crippen LogP contribution is -2.20. The van der Waals surface area contributed by atoms with Crippen LogP contribution in [-0.2, 0) is 0 Å². The van der Waals surface area contributed by atoms with E-state index in [1.54, 1.807) is 24.8 Å². The predicted molar refractivity (Wildman–Crippen MR) is 147 cm³/mol. The third-order valence-electron chi connectivity index (χ3n) is 6.22. The van der Waals surface area contributed by atoms with Crippen molar-refractivity contribution in [2.45, 2.75) is 0 Å². The SMILES string of the molecule is CN(C)CCNc1cc(F)cc(-c2ccnc3nc(-c4n[nH]c5cnc(-c6cncc(N)c6)cc45)[nH]c23)c1. The molecular weight excluding hydrogens is 483 g/mol. The number of benzene rings is 1. The second-order valence-electron chi connectivity index (χ2n) is 9.30. The van der Waals surface area contributed by atoms with Crippen LogP contribution in [0.25, 0.3) is 56.0 Å². The molecule has 0 bridgehead atoms. The first kappa shape index (κ1) is 23.5. The smallest absolute Gasteiger partial charge is 0.178 e. The minimum atomic E-state index is -0.325. The van der Waals surface area contributed by atoms with Crippen LogP contribution in [0.15, 0.2) is 61.2 Å². The molecule has 0 spiro atoms. The monoisotopic (exact) mass is 508 g/mol. The summed E-state index contributed by atoms with van der Waals surface area (Å²) >= 11 is 0. The lowest BCUT2D eigenvalue weighted by Gasteiger charge is -2.13. The van der Waals surface area contributed by atoms with Crippen LogP contribution < -0.4 is 11.1 Å². The fraction of sp³-hybridized carbons (Fsp3) is 0.148. The second kappa shape index (κ2) is 9.52. The summed E-state index contributed by atoms with van der Waals surface area (Å²) in [6, 6.07) is 10.5. The summed E-state index contributed by atoms with van der Waals surface area (Å²) in [7, 11) is 3.99. The summed E-state index contributed by atoms with van der Waals surface area (Å²) < 4.78 is 14.6. The lowest BCUT2D eigenvalue weighted by molar-refractivity contribution is 0.425. The average molecular weight is 509 g/mol. The molecule has 6 rings (SSSR count). The van der Waals surface area contributed by atoms with Gasteiger partial charge in [-0.05, 0) is 56.1 Å². The highest BCUT2D eigenvalue weighted by molar-refractivity contribution is 5.97. The van der Waals surface area contributed by atoms with Crippen LogP contribution in [0.1, 0.15) is 0 Å². The first-order chi connectivity index (χ1) is 18.4. The summed E-state index contributed by atoms with van der Waals surface area (Å²) in [6.07, 6.45) is 6.69. The van der Waals surface area contributed by atoms with Crippen molar-refractivity contribution >= 4 is 33.4 Å². The number of H-pyrrole nitrogens is 2. The molecule has 5 heterocycles. The number of hydrogen-bond donors (Lipinski definition) is 4. The van der Waals surface area contributed by atoms with Crippen LogP contribution in [0, 0.1) is 5.82 Å². The number of nitrogen functional groups attached to an aromatic ring is 1. The molecule has 38 heavy (non-hydrogen) atoms. The van der Waals surface area contributed by atoms with Gasteiger partial charge in [0.25, 0.3) is 0 Å². The highest BCUT2D eigenvalue weighted by atomic mass is 19.1. The van der Waals surface area contributed by atoms with Gasteiger partial charge in [-0.2, -0.15) is 5.10 Å². The van der Waals surface area contributed by atoms with Crippen molar-refractivity contribution in [3.05, 3.63) is 67.0 Å². The Bertz CT molecular complexity index is 1770. The van der Waals surface area contributed by atoms with Gasteiger partial charge in [0.15, 0.2) is 11.5 Å². The van der Waals surface area contributed by atoms with Crippen molar-refractivity contribution in [3.63, 3.8) is 0 Å². The van der Waals surface area contributed by atoms with Gasteiger partial charge in [-0.3, -0.25) is 15.1 Å². The molecule has 1 aromatic carbocycles. The molecule has 0 aliphatic heterocycles. The Labute approximate surface area is 217 Å². The molecule has 6 aromatic rings. The van der Waals surface area contributed by atoms with Gasteiger partial charge in [0.2, 0.25) is 0 Å². The Kier molecular flexibility index (Phi) is 5.89. The van der Waals surface area contributed by atoms with E-state index in [-0.39, 0.29) is 5.82 Å². The van der Waals surface area contributed by atoms with E-state index in [4.69, 9.17) is 10.7 Å². The largest absolute Gasteiger partial charge is 0.397 e. The summed E-state index contributed by atoms with van der Waals surface area (Å²) in [5, 5.41) is 11.6. The Morgan fingerprint density at radius 2 is 1.92 bits per heavy atom. The molecule has 0 saturated carbocycles. The first-order valence-corrected chi connectivity index (χ1v) is 12.0. The number of pyridine rings is 3. The van der Waals surface area contributed by atoms with Crippen molar-refractivity contribution in [2.75, 3.05) is 38.2 Å². The number of anilines is 2. The molecule has 0 fully saturated rings. The highest BCUT2D eigenvalue weighted by Crippen LogP contribution is 2.33. The fourth-order valence-corrected chi connectivity index (χ4v) is 4.39. The number of nitrogens with zero attached hydrogens (tertiary/aromatic N) is 6. The van der Waals surface area contributed by atoms with Gasteiger partial charge in [0.05, 0.1) is 28.6 Å². The molecular formula is C27H25FN10. The van der Waals surface area contributed by atoms with E-state index < -0.39 is 0 Å². The number of nitrogens with two attached hydrogens (primary N) is 1. The number of rotatable bonds is 7. The summed E-state index contributed by atoms with van der Waals surface area (Å²) in [6.45, 7) is 1.53. The van der Waals surface area contributed by atoms with Gasteiger partial charge in [-0.1, -0.05) is 0 Å². The van der Waals surface area contributed by atoms with E-state index in [2.05, 4.69) is 40.3 Å². The number of aromatic amines is 2. The first-order valence-electron chi connectivity index (χ1n) is 12.0. The fourth-order valence-electron chi connectivity index (χ4n) is 4.39. The summed E-state index contributed by atoms with van der Waals surface area (Å²) in [5.74, 6) is 0.212. The van der Waals surface area contributed by atoms with Gasteiger partial charge >= 0.3 is 0 Å². The number of nitrogens with one attached hydrogen (secondary N) is 3. The average Bonchev–Trinajstić information content (AvgIpc) is 3.51. The van der Waals surface area contributed by atoms with Gasteiger partial charge in [0, 0.05) is 53.9 Å². The molecule has 0 aliphatic carbocycles. The van der Waals surface area contributed by atoms with Gasteiger partial charge in [0.1, 0.15) is 11.5 Å². The van der Waals surface area contributed by atoms with Gasteiger partial charge < -0.3 is 20.9 Å². The van der Waals surface area contributed by atoms with E-state index in [1.807, 2.05) is 38.4 Å². The molecule has 5 N–H and O–H groups in total. The van der Waals surface area contributed by atoms with Crippen LogP contribution in [0.2, 0.25) is 0 Å². The molecule has 0 saturated heterocycles. The molecule has 0 unspecified atom stereocenters.